The highest BCUT2D eigenvalue weighted by Gasteiger charge is 2.08. The smallest absolute Gasteiger partial charge is 0.149 e. The van der Waals surface area contributed by atoms with Gasteiger partial charge in [-0.25, -0.2) is 0 Å². The number of rotatable bonds is 9. The largest absolute Gasteiger partial charge is 0.315 e. The number of ketones is 1. The Kier molecular flexibility index (Phi) is 8.89. The van der Waals surface area contributed by atoms with Gasteiger partial charge in [0.2, 0.25) is 0 Å². The van der Waals surface area contributed by atoms with Crippen LogP contribution in [0.3, 0.4) is 0 Å². The maximum atomic E-state index is 11.4. The molecular formula is C11H24N2O. The van der Waals surface area contributed by atoms with E-state index in [1.165, 1.54) is 0 Å². The first-order valence-corrected chi connectivity index (χ1v) is 5.66. The maximum absolute atomic E-state index is 11.4. The molecule has 0 bridgehead atoms. The third kappa shape index (κ3) is 7.04. The second-order valence-corrected chi connectivity index (χ2v) is 3.70. The molecule has 3 heteroatoms. The van der Waals surface area contributed by atoms with Crippen molar-refractivity contribution in [3.05, 3.63) is 0 Å². The molecule has 0 aliphatic heterocycles. The molecule has 0 heterocycles. The minimum Gasteiger partial charge on any atom is -0.315 e. The topological polar surface area (TPSA) is 41.1 Å². The molecule has 3 nitrogen and oxygen atoms in total. The number of hydrogen-bond donors (Lipinski definition) is 2. The predicted molar refractivity (Wildman–Crippen MR) is 60.5 cm³/mol. The van der Waals surface area contributed by atoms with Crippen molar-refractivity contribution in [2.75, 3.05) is 26.2 Å². The highest BCUT2D eigenvalue weighted by molar-refractivity contribution is 5.82. The highest BCUT2D eigenvalue weighted by atomic mass is 16.1. The molecule has 0 aromatic rings. The van der Waals surface area contributed by atoms with Crippen LogP contribution in [0.2, 0.25) is 0 Å². The van der Waals surface area contributed by atoms with Crippen LogP contribution < -0.4 is 10.6 Å². The Morgan fingerprint density at radius 2 is 1.79 bits per heavy atom. The summed E-state index contributed by atoms with van der Waals surface area (Å²) in [4.78, 5) is 11.4. The normalized spacial score (nSPS) is 12.8. The molecule has 0 spiro atoms. The van der Waals surface area contributed by atoms with E-state index in [9.17, 15) is 4.79 Å². The zero-order chi connectivity index (χ0) is 10.8. The number of Topliss-reactive ketones (excluding diaryl/α,β-unsaturated/α-hetero) is 1. The molecule has 0 aromatic heterocycles. The van der Waals surface area contributed by atoms with Gasteiger partial charge in [-0.2, -0.15) is 0 Å². The lowest BCUT2D eigenvalue weighted by Gasteiger charge is -2.08. The van der Waals surface area contributed by atoms with Crippen LogP contribution in [0.4, 0.5) is 0 Å². The van der Waals surface area contributed by atoms with Crippen molar-refractivity contribution in [2.45, 2.75) is 33.6 Å². The maximum Gasteiger partial charge on any atom is 0.149 e. The molecular weight excluding hydrogens is 176 g/mol. The average Bonchev–Trinajstić information content (AvgIpc) is 2.21. The van der Waals surface area contributed by atoms with Crippen LogP contribution in [0.25, 0.3) is 0 Å². The number of nitrogens with one attached hydrogen (secondary N) is 2. The van der Waals surface area contributed by atoms with Gasteiger partial charge in [0.15, 0.2) is 0 Å². The van der Waals surface area contributed by atoms with Crippen LogP contribution in [-0.4, -0.2) is 32.0 Å². The summed E-state index contributed by atoms with van der Waals surface area (Å²) in [6.07, 6.45) is 2.10. The van der Waals surface area contributed by atoms with Gasteiger partial charge in [0, 0.05) is 19.0 Å². The van der Waals surface area contributed by atoms with E-state index < -0.39 is 0 Å². The van der Waals surface area contributed by atoms with Crippen LogP contribution >= 0.6 is 0 Å². The van der Waals surface area contributed by atoms with Gasteiger partial charge < -0.3 is 10.6 Å². The zero-order valence-electron chi connectivity index (χ0n) is 9.73. The fourth-order valence-electron chi connectivity index (χ4n) is 1.09. The summed E-state index contributed by atoms with van der Waals surface area (Å²) in [6, 6.07) is 0. The Bertz CT molecular complexity index is 148. The SMILES string of the molecule is CCCNCCNCC(=O)C(C)CC. The number of hydrogen-bond acceptors (Lipinski definition) is 3. The summed E-state index contributed by atoms with van der Waals surface area (Å²) in [5.41, 5.74) is 0. The van der Waals surface area contributed by atoms with Gasteiger partial charge in [-0.3, -0.25) is 4.79 Å². The second-order valence-electron chi connectivity index (χ2n) is 3.70. The molecule has 1 atom stereocenters. The Morgan fingerprint density at radius 1 is 1.14 bits per heavy atom. The summed E-state index contributed by atoms with van der Waals surface area (Å²) in [5, 5.41) is 6.43. The van der Waals surface area contributed by atoms with Crippen molar-refractivity contribution in [1.29, 1.82) is 0 Å². The first-order valence-electron chi connectivity index (χ1n) is 5.66. The molecule has 0 saturated carbocycles. The minimum atomic E-state index is 0.200. The lowest BCUT2D eigenvalue weighted by Crippen LogP contribution is -2.33. The van der Waals surface area contributed by atoms with E-state index in [2.05, 4.69) is 17.6 Å². The first kappa shape index (κ1) is 13.6. The lowest BCUT2D eigenvalue weighted by atomic mass is 10.0. The summed E-state index contributed by atoms with van der Waals surface area (Å²) in [7, 11) is 0. The van der Waals surface area contributed by atoms with Gasteiger partial charge in [0.05, 0.1) is 6.54 Å². The van der Waals surface area contributed by atoms with Crippen molar-refractivity contribution >= 4 is 5.78 Å². The van der Waals surface area contributed by atoms with E-state index in [4.69, 9.17) is 0 Å². The molecule has 0 saturated heterocycles. The number of carbonyl (C=O) groups is 1. The Balaban J connectivity index is 3.23. The minimum absolute atomic E-state index is 0.200. The average molecular weight is 200 g/mol. The Hall–Kier alpha value is -0.410. The van der Waals surface area contributed by atoms with Gasteiger partial charge in [0.1, 0.15) is 5.78 Å². The van der Waals surface area contributed by atoms with Crippen LogP contribution in [0.1, 0.15) is 33.6 Å². The monoisotopic (exact) mass is 200 g/mol. The third-order valence-electron chi connectivity index (χ3n) is 2.37. The Morgan fingerprint density at radius 3 is 2.36 bits per heavy atom. The molecule has 0 fully saturated rings. The van der Waals surface area contributed by atoms with Crippen molar-refractivity contribution < 1.29 is 4.79 Å². The van der Waals surface area contributed by atoms with Gasteiger partial charge in [-0.1, -0.05) is 20.8 Å². The fourth-order valence-corrected chi connectivity index (χ4v) is 1.09. The molecule has 84 valence electrons. The quantitative estimate of drug-likeness (QED) is 0.549. The predicted octanol–water partition coefficient (Wildman–Crippen LogP) is 1.19. The molecule has 2 N–H and O–H groups in total. The van der Waals surface area contributed by atoms with Gasteiger partial charge in [-0.15, -0.1) is 0 Å². The van der Waals surface area contributed by atoms with Crippen LogP contribution in [0.5, 0.6) is 0 Å². The summed E-state index contributed by atoms with van der Waals surface area (Å²) < 4.78 is 0. The van der Waals surface area contributed by atoms with Gasteiger partial charge in [0.25, 0.3) is 0 Å². The van der Waals surface area contributed by atoms with Gasteiger partial charge in [-0.05, 0) is 19.4 Å². The van der Waals surface area contributed by atoms with Crippen molar-refractivity contribution in [2.24, 2.45) is 5.92 Å². The van der Waals surface area contributed by atoms with Crippen molar-refractivity contribution in [3.8, 4) is 0 Å². The molecule has 14 heavy (non-hydrogen) atoms. The zero-order valence-corrected chi connectivity index (χ0v) is 9.73. The first-order chi connectivity index (χ1) is 6.72. The Labute approximate surface area is 87.6 Å². The molecule has 0 rings (SSSR count). The van der Waals surface area contributed by atoms with E-state index in [0.29, 0.717) is 12.3 Å². The van der Waals surface area contributed by atoms with E-state index in [1.54, 1.807) is 0 Å². The summed E-state index contributed by atoms with van der Waals surface area (Å²) in [5.74, 6) is 0.522. The number of carbonyl (C=O) groups excluding carboxylic acids is 1. The molecule has 0 aromatic carbocycles. The second kappa shape index (κ2) is 9.16. The van der Waals surface area contributed by atoms with Gasteiger partial charge >= 0.3 is 0 Å². The standard InChI is InChI=1S/C11H24N2O/c1-4-6-12-7-8-13-9-11(14)10(3)5-2/h10,12-13H,4-9H2,1-3H3. The van der Waals surface area contributed by atoms with Crippen molar-refractivity contribution in [3.63, 3.8) is 0 Å². The molecule has 0 aliphatic rings. The van der Waals surface area contributed by atoms with Crippen molar-refractivity contribution in [1.82, 2.24) is 10.6 Å². The summed E-state index contributed by atoms with van der Waals surface area (Å²) in [6.45, 7) is 9.57. The molecule has 0 aliphatic carbocycles. The van der Waals surface area contributed by atoms with Crippen LogP contribution in [0, 0.1) is 5.92 Å². The lowest BCUT2D eigenvalue weighted by molar-refractivity contribution is -0.121. The van der Waals surface area contributed by atoms with E-state index in [-0.39, 0.29) is 5.92 Å². The highest BCUT2D eigenvalue weighted by Crippen LogP contribution is 2.00. The van der Waals surface area contributed by atoms with E-state index in [0.717, 1.165) is 32.5 Å². The fraction of sp³-hybridized carbons (Fsp3) is 0.909. The molecule has 0 amide bonds. The third-order valence-corrected chi connectivity index (χ3v) is 2.37. The molecule has 1 unspecified atom stereocenters. The van der Waals surface area contributed by atoms with E-state index in [1.807, 2.05) is 13.8 Å². The van der Waals surface area contributed by atoms with Crippen LogP contribution in [-0.2, 0) is 4.79 Å². The van der Waals surface area contributed by atoms with Crippen LogP contribution in [0.15, 0.2) is 0 Å². The summed E-state index contributed by atoms with van der Waals surface area (Å²) >= 11 is 0. The molecule has 0 radical (unpaired) electrons. The van der Waals surface area contributed by atoms with E-state index >= 15 is 0 Å².